The Balaban J connectivity index is 1.57. The fourth-order valence-electron chi connectivity index (χ4n) is 2.57. The highest BCUT2D eigenvalue weighted by Crippen LogP contribution is 2.29. The Morgan fingerprint density at radius 1 is 1.14 bits per heavy atom. The Kier molecular flexibility index (Phi) is 7.30. The number of ether oxygens (including phenoxy) is 1. The minimum Gasteiger partial charge on any atom is -0.486 e. The van der Waals surface area contributed by atoms with E-state index in [0.717, 1.165) is 12.2 Å². The second-order valence-corrected chi connectivity index (χ2v) is 8.22. The van der Waals surface area contributed by atoms with Gasteiger partial charge in [-0.05, 0) is 42.2 Å². The number of amides is 2. The van der Waals surface area contributed by atoms with Crippen molar-refractivity contribution in [1.29, 1.82) is 0 Å². The molecule has 0 aliphatic rings. The lowest BCUT2D eigenvalue weighted by atomic mass is 9.98. The van der Waals surface area contributed by atoms with Crippen molar-refractivity contribution in [1.82, 2.24) is 10.2 Å². The van der Waals surface area contributed by atoms with E-state index >= 15 is 0 Å². The fourth-order valence-corrected chi connectivity index (χ4v) is 3.52. The predicted molar refractivity (Wildman–Crippen MR) is 118 cm³/mol. The van der Waals surface area contributed by atoms with Gasteiger partial charge in [0.2, 0.25) is 5.13 Å². The van der Waals surface area contributed by atoms with Gasteiger partial charge >= 0.3 is 6.03 Å². The SMILES string of the molecule is CC[C@H](C)c1ccccc1OCc1nnc(NC(=O)Nc2ccc(Cl)c(Cl)c2)s1. The molecule has 152 valence electrons. The minimum absolute atomic E-state index is 0.279. The Morgan fingerprint density at radius 3 is 2.69 bits per heavy atom. The largest absolute Gasteiger partial charge is 0.486 e. The molecule has 9 heteroatoms. The normalized spacial score (nSPS) is 11.7. The van der Waals surface area contributed by atoms with Gasteiger partial charge in [-0.3, -0.25) is 5.32 Å². The first-order valence-corrected chi connectivity index (χ1v) is 10.6. The van der Waals surface area contributed by atoms with Crippen LogP contribution in [0, 0.1) is 0 Å². The first-order valence-electron chi connectivity index (χ1n) is 9.03. The van der Waals surface area contributed by atoms with E-state index in [1.807, 2.05) is 18.2 Å². The molecule has 3 aromatic rings. The quantitative estimate of drug-likeness (QED) is 0.425. The molecule has 0 radical (unpaired) electrons. The maximum absolute atomic E-state index is 12.1. The van der Waals surface area contributed by atoms with Crippen LogP contribution in [0.1, 0.15) is 36.8 Å². The number of anilines is 2. The summed E-state index contributed by atoms with van der Waals surface area (Å²) in [5.74, 6) is 1.24. The molecule has 1 aromatic heterocycles. The molecule has 1 heterocycles. The van der Waals surface area contributed by atoms with Crippen LogP contribution in [0.5, 0.6) is 5.75 Å². The zero-order valence-electron chi connectivity index (χ0n) is 15.9. The molecule has 0 fully saturated rings. The van der Waals surface area contributed by atoms with Crippen LogP contribution in [0.25, 0.3) is 0 Å². The molecule has 3 rings (SSSR count). The van der Waals surface area contributed by atoms with Crippen LogP contribution in [0.4, 0.5) is 15.6 Å². The lowest BCUT2D eigenvalue weighted by Gasteiger charge is -2.14. The summed E-state index contributed by atoms with van der Waals surface area (Å²) in [4.78, 5) is 12.1. The number of aromatic nitrogens is 2. The molecule has 2 N–H and O–H groups in total. The van der Waals surface area contributed by atoms with Gasteiger partial charge in [-0.2, -0.15) is 0 Å². The number of hydrogen-bond donors (Lipinski definition) is 2. The van der Waals surface area contributed by atoms with E-state index in [1.54, 1.807) is 18.2 Å². The van der Waals surface area contributed by atoms with E-state index in [4.69, 9.17) is 27.9 Å². The summed E-state index contributed by atoms with van der Waals surface area (Å²) in [5.41, 5.74) is 1.69. The van der Waals surface area contributed by atoms with Crippen LogP contribution in [0.2, 0.25) is 10.0 Å². The van der Waals surface area contributed by atoms with Crippen LogP contribution in [-0.2, 0) is 6.61 Å². The summed E-state index contributed by atoms with van der Waals surface area (Å²) in [6.07, 6.45) is 1.03. The number of hydrogen-bond acceptors (Lipinski definition) is 5. The number of urea groups is 1. The average Bonchev–Trinajstić information content (AvgIpc) is 3.16. The molecule has 0 unspecified atom stereocenters. The molecule has 0 bridgehead atoms. The van der Waals surface area contributed by atoms with E-state index in [9.17, 15) is 4.79 Å². The van der Waals surface area contributed by atoms with E-state index in [-0.39, 0.29) is 6.61 Å². The van der Waals surface area contributed by atoms with Gasteiger partial charge in [-0.15, -0.1) is 10.2 Å². The van der Waals surface area contributed by atoms with Crippen molar-refractivity contribution in [3.8, 4) is 5.75 Å². The molecule has 0 aliphatic heterocycles. The van der Waals surface area contributed by atoms with Gasteiger partial charge in [0.15, 0.2) is 5.01 Å². The summed E-state index contributed by atoms with van der Waals surface area (Å²) in [6, 6.07) is 12.4. The molecule has 0 spiro atoms. The standard InChI is InChI=1S/C20H20Cl2N4O2S/c1-3-12(2)14-6-4-5-7-17(14)28-11-18-25-26-20(29-18)24-19(27)23-13-8-9-15(21)16(22)10-13/h4-10,12H,3,11H2,1-2H3,(H2,23,24,26,27)/t12-/m0/s1. The third kappa shape index (κ3) is 5.82. The number of rotatable bonds is 7. The third-order valence-corrected chi connectivity index (χ3v) is 5.83. The summed E-state index contributed by atoms with van der Waals surface area (Å²) in [6.45, 7) is 4.59. The highest BCUT2D eigenvalue weighted by atomic mass is 35.5. The van der Waals surface area contributed by atoms with Gasteiger partial charge in [0, 0.05) is 5.69 Å². The molecular formula is C20H20Cl2N4O2S. The molecule has 1 atom stereocenters. The van der Waals surface area contributed by atoms with E-state index in [2.05, 4.69) is 40.7 Å². The zero-order chi connectivity index (χ0) is 20.8. The highest BCUT2D eigenvalue weighted by molar-refractivity contribution is 7.15. The first kappa shape index (κ1) is 21.4. The summed E-state index contributed by atoms with van der Waals surface area (Å²) < 4.78 is 5.94. The Bertz CT molecular complexity index is 996. The lowest BCUT2D eigenvalue weighted by molar-refractivity contribution is 0.262. The van der Waals surface area contributed by atoms with E-state index < -0.39 is 6.03 Å². The number of carbonyl (C=O) groups is 1. The Labute approximate surface area is 183 Å². The van der Waals surface area contributed by atoms with Crippen LogP contribution in [0.15, 0.2) is 42.5 Å². The topological polar surface area (TPSA) is 76.1 Å². The van der Waals surface area contributed by atoms with Crippen molar-refractivity contribution >= 4 is 51.4 Å². The van der Waals surface area contributed by atoms with E-state index in [1.165, 1.54) is 16.9 Å². The van der Waals surface area contributed by atoms with E-state index in [0.29, 0.717) is 31.8 Å². The summed E-state index contributed by atoms with van der Waals surface area (Å²) >= 11 is 13.1. The molecule has 0 saturated carbocycles. The van der Waals surface area contributed by atoms with Crippen molar-refractivity contribution in [3.63, 3.8) is 0 Å². The number of carbonyl (C=O) groups excluding carboxylic acids is 1. The van der Waals surface area contributed by atoms with Gasteiger partial charge < -0.3 is 10.1 Å². The molecule has 2 aromatic carbocycles. The number of nitrogens with zero attached hydrogens (tertiary/aromatic N) is 2. The fraction of sp³-hybridized carbons (Fsp3) is 0.250. The average molecular weight is 451 g/mol. The Hall–Kier alpha value is -2.35. The van der Waals surface area contributed by atoms with Gasteiger partial charge in [0.25, 0.3) is 0 Å². The van der Waals surface area contributed by atoms with Crippen molar-refractivity contribution in [2.75, 3.05) is 10.6 Å². The number of halogens is 2. The van der Waals surface area contributed by atoms with Crippen molar-refractivity contribution in [2.24, 2.45) is 0 Å². The molecule has 2 amide bonds. The van der Waals surface area contributed by atoms with Crippen molar-refractivity contribution in [2.45, 2.75) is 32.8 Å². The molecule has 0 saturated heterocycles. The third-order valence-electron chi connectivity index (χ3n) is 4.28. The highest BCUT2D eigenvalue weighted by Gasteiger charge is 2.12. The maximum atomic E-state index is 12.1. The van der Waals surface area contributed by atoms with Crippen molar-refractivity contribution in [3.05, 3.63) is 63.1 Å². The number of para-hydroxylation sites is 1. The van der Waals surface area contributed by atoms with Gasteiger partial charge in [-0.1, -0.05) is 66.6 Å². The monoisotopic (exact) mass is 450 g/mol. The van der Waals surface area contributed by atoms with Crippen molar-refractivity contribution < 1.29 is 9.53 Å². The van der Waals surface area contributed by atoms with Crippen LogP contribution in [-0.4, -0.2) is 16.2 Å². The molecular weight excluding hydrogens is 431 g/mol. The predicted octanol–water partition coefficient (Wildman–Crippen LogP) is 6.58. The second kappa shape index (κ2) is 9.91. The minimum atomic E-state index is -0.450. The van der Waals surface area contributed by atoms with Gasteiger partial charge in [0.1, 0.15) is 12.4 Å². The smallest absolute Gasteiger partial charge is 0.325 e. The zero-order valence-corrected chi connectivity index (χ0v) is 18.2. The number of benzene rings is 2. The molecule has 0 aliphatic carbocycles. The second-order valence-electron chi connectivity index (χ2n) is 6.34. The van der Waals surface area contributed by atoms with Crippen LogP contribution >= 0.6 is 34.5 Å². The Morgan fingerprint density at radius 2 is 1.93 bits per heavy atom. The summed E-state index contributed by atoms with van der Waals surface area (Å²) in [5, 5.41) is 15.2. The number of nitrogens with one attached hydrogen (secondary N) is 2. The summed E-state index contributed by atoms with van der Waals surface area (Å²) in [7, 11) is 0. The molecule has 6 nitrogen and oxygen atoms in total. The maximum Gasteiger partial charge on any atom is 0.325 e. The van der Waals surface area contributed by atoms with Crippen LogP contribution < -0.4 is 15.4 Å². The lowest BCUT2D eigenvalue weighted by Crippen LogP contribution is -2.19. The molecule has 29 heavy (non-hydrogen) atoms. The first-order chi connectivity index (χ1) is 14.0. The van der Waals surface area contributed by atoms with Gasteiger partial charge in [-0.25, -0.2) is 4.79 Å². The van der Waals surface area contributed by atoms with Gasteiger partial charge in [0.05, 0.1) is 10.0 Å². The van der Waals surface area contributed by atoms with Crippen LogP contribution in [0.3, 0.4) is 0 Å².